The number of benzene rings is 3. The Morgan fingerprint density at radius 3 is 2.06 bits per heavy atom. The van der Waals surface area contributed by atoms with E-state index in [0.29, 0.717) is 24.0 Å². The Morgan fingerprint density at radius 2 is 1.42 bits per heavy atom. The van der Waals surface area contributed by atoms with E-state index in [9.17, 15) is 9.59 Å². The second-order valence-electron chi connectivity index (χ2n) is 7.25. The van der Waals surface area contributed by atoms with Crippen LogP contribution in [0, 0.1) is 0 Å². The molecule has 1 heterocycles. The molecule has 0 atom stereocenters. The Hall–Kier alpha value is -3.84. The van der Waals surface area contributed by atoms with Gasteiger partial charge in [0, 0.05) is 19.5 Å². The fourth-order valence-corrected chi connectivity index (χ4v) is 3.35. The number of carbonyl (C=O) groups is 1. The van der Waals surface area contributed by atoms with Crippen LogP contribution in [0.3, 0.4) is 0 Å². The summed E-state index contributed by atoms with van der Waals surface area (Å²) in [7, 11) is 0. The van der Waals surface area contributed by atoms with Gasteiger partial charge in [0.15, 0.2) is 0 Å². The molecule has 31 heavy (non-hydrogen) atoms. The number of hydrogen-bond donors (Lipinski definition) is 1. The monoisotopic (exact) mass is 413 g/mol. The molecule has 1 N–H and O–H groups in total. The lowest BCUT2D eigenvalue weighted by Gasteiger charge is -2.23. The van der Waals surface area contributed by atoms with Gasteiger partial charge in [-0.05, 0) is 23.3 Å². The zero-order valence-corrected chi connectivity index (χ0v) is 17.0. The highest BCUT2D eigenvalue weighted by Crippen LogP contribution is 2.08. The van der Waals surface area contributed by atoms with Crippen LogP contribution in [0.4, 0.5) is 0 Å². The van der Waals surface area contributed by atoms with Crippen molar-refractivity contribution in [3.63, 3.8) is 0 Å². The number of hydrazine groups is 1. The first kappa shape index (κ1) is 20.4. The molecule has 0 aliphatic carbocycles. The summed E-state index contributed by atoms with van der Waals surface area (Å²) in [5.41, 5.74) is 5.46. The molecule has 0 fully saturated rings. The van der Waals surface area contributed by atoms with Crippen molar-refractivity contribution in [3.05, 3.63) is 106 Å². The summed E-state index contributed by atoms with van der Waals surface area (Å²) in [4.78, 5) is 25.2. The van der Waals surface area contributed by atoms with Gasteiger partial charge in [-0.3, -0.25) is 15.0 Å². The molecule has 0 bridgehead atoms. The van der Waals surface area contributed by atoms with Crippen molar-refractivity contribution in [2.24, 2.45) is 0 Å². The molecule has 7 nitrogen and oxygen atoms in total. The van der Waals surface area contributed by atoms with Gasteiger partial charge in [-0.2, -0.15) is 0 Å². The van der Waals surface area contributed by atoms with Crippen LogP contribution in [0.5, 0.6) is 0 Å². The summed E-state index contributed by atoms with van der Waals surface area (Å²) in [5.74, 6) is -0.186. The molecule has 1 aromatic heterocycles. The molecule has 0 aliphatic rings. The first-order chi connectivity index (χ1) is 15.2. The van der Waals surface area contributed by atoms with Gasteiger partial charge in [-0.15, -0.1) is 5.10 Å². The molecule has 0 radical (unpaired) electrons. The molecule has 4 aromatic rings. The van der Waals surface area contributed by atoms with Crippen LogP contribution in [-0.2, 0) is 24.4 Å². The highest BCUT2D eigenvalue weighted by Gasteiger charge is 2.12. The van der Waals surface area contributed by atoms with Crippen molar-refractivity contribution in [2.45, 2.75) is 26.1 Å². The molecule has 0 spiro atoms. The van der Waals surface area contributed by atoms with Crippen molar-refractivity contribution in [1.29, 1.82) is 0 Å². The number of aryl methyl sites for hydroxylation is 1. The Morgan fingerprint density at radius 1 is 0.839 bits per heavy atom. The van der Waals surface area contributed by atoms with Gasteiger partial charge in [0.05, 0.1) is 11.9 Å². The minimum Gasteiger partial charge on any atom is -0.288 e. The van der Waals surface area contributed by atoms with Crippen molar-refractivity contribution < 1.29 is 4.79 Å². The molecule has 7 heteroatoms. The Balaban J connectivity index is 1.43. The molecular weight excluding hydrogens is 390 g/mol. The minimum atomic E-state index is -0.246. The smallest absolute Gasteiger partial charge is 0.277 e. The number of hydrogen-bond acceptors (Lipinski definition) is 5. The normalized spacial score (nSPS) is 11.0. The van der Waals surface area contributed by atoms with Gasteiger partial charge in [0.25, 0.3) is 5.56 Å². The van der Waals surface area contributed by atoms with Crippen molar-refractivity contribution in [3.8, 4) is 0 Å². The van der Waals surface area contributed by atoms with E-state index in [-0.39, 0.29) is 24.4 Å². The van der Waals surface area contributed by atoms with E-state index >= 15 is 0 Å². The van der Waals surface area contributed by atoms with Crippen LogP contribution in [0.15, 0.2) is 89.7 Å². The molecule has 1 amide bonds. The minimum absolute atomic E-state index is 0.118. The Labute approximate surface area is 179 Å². The number of carbonyl (C=O) groups excluding carboxylic acids is 1. The van der Waals surface area contributed by atoms with E-state index in [1.54, 1.807) is 18.2 Å². The fraction of sp³-hybridized carbons (Fsp3) is 0.167. The topological polar surface area (TPSA) is 80.1 Å². The maximum Gasteiger partial charge on any atom is 0.277 e. The third-order valence-electron chi connectivity index (χ3n) is 4.90. The summed E-state index contributed by atoms with van der Waals surface area (Å²) < 4.78 is 1.24. The standard InChI is InChI=1S/C24H23N5O2/c30-23(15-16-29-24(31)21-13-7-8-14-22(21)25-27-29)26-28(17-19-9-3-1-4-10-19)18-20-11-5-2-6-12-20/h1-14H,15-18H2,(H,26,30). The van der Waals surface area contributed by atoms with Crippen LogP contribution in [0.2, 0.25) is 0 Å². The first-order valence-electron chi connectivity index (χ1n) is 10.1. The van der Waals surface area contributed by atoms with Crippen LogP contribution in [0.25, 0.3) is 10.9 Å². The van der Waals surface area contributed by atoms with Gasteiger partial charge < -0.3 is 0 Å². The lowest BCUT2D eigenvalue weighted by atomic mass is 10.2. The van der Waals surface area contributed by atoms with E-state index in [0.717, 1.165) is 11.1 Å². The van der Waals surface area contributed by atoms with Crippen LogP contribution in [-0.4, -0.2) is 25.9 Å². The summed E-state index contributed by atoms with van der Waals surface area (Å²) in [6, 6.07) is 27.0. The van der Waals surface area contributed by atoms with Gasteiger partial charge in [0.2, 0.25) is 5.91 Å². The van der Waals surface area contributed by atoms with Crippen LogP contribution < -0.4 is 11.0 Å². The zero-order chi connectivity index (χ0) is 21.5. The summed E-state index contributed by atoms with van der Waals surface area (Å²) in [5, 5.41) is 10.4. The number of aromatic nitrogens is 3. The summed E-state index contributed by atoms with van der Waals surface area (Å²) >= 11 is 0. The summed E-state index contributed by atoms with van der Waals surface area (Å²) in [6.07, 6.45) is 0.118. The highest BCUT2D eigenvalue weighted by atomic mass is 16.2. The van der Waals surface area contributed by atoms with Crippen LogP contribution >= 0.6 is 0 Å². The highest BCUT2D eigenvalue weighted by molar-refractivity contribution is 5.77. The number of rotatable bonds is 8. The average Bonchev–Trinajstić information content (AvgIpc) is 2.80. The molecule has 156 valence electrons. The van der Waals surface area contributed by atoms with Gasteiger partial charge in [-0.25, -0.2) is 9.69 Å². The van der Waals surface area contributed by atoms with E-state index in [4.69, 9.17) is 0 Å². The summed E-state index contributed by atoms with van der Waals surface area (Å²) in [6.45, 7) is 1.29. The van der Waals surface area contributed by atoms with E-state index in [1.807, 2.05) is 71.7 Å². The van der Waals surface area contributed by atoms with E-state index in [1.165, 1.54) is 4.68 Å². The second kappa shape index (κ2) is 9.77. The maximum atomic E-state index is 12.7. The average molecular weight is 413 g/mol. The zero-order valence-electron chi connectivity index (χ0n) is 17.0. The third kappa shape index (κ3) is 5.40. The molecule has 0 saturated carbocycles. The quantitative estimate of drug-likeness (QED) is 0.449. The molecule has 3 aromatic carbocycles. The van der Waals surface area contributed by atoms with Gasteiger partial charge >= 0.3 is 0 Å². The Bertz CT molecular complexity index is 1170. The maximum absolute atomic E-state index is 12.7. The second-order valence-corrected chi connectivity index (χ2v) is 7.25. The molecular formula is C24H23N5O2. The van der Waals surface area contributed by atoms with E-state index in [2.05, 4.69) is 15.7 Å². The fourth-order valence-electron chi connectivity index (χ4n) is 3.35. The van der Waals surface area contributed by atoms with Crippen LogP contribution in [0.1, 0.15) is 17.5 Å². The van der Waals surface area contributed by atoms with E-state index < -0.39 is 0 Å². The lowest BCUT2D eigenvalue weighted by molar-refractivity contribution is -0.126. The van der Waals surface area contributed by atoms with Gasteiger partial charge in [-0.1, -0.05) is 78.0 Å². The Kier molecular flexibility index (Phi) is 6.44. The molecule has 0 saturated heterocycles. The molecule has 4 rings (SSSR count). The number of fused-ring (bicyclic) bond motifs is 1. The first-order valence-corrected chi connectivity index (χ1v) is 10.1. The molecule has 0 unspecified atom stereocenters. The lowest BCUT2D eigenvalue weighted by Crippen LogP contribution is -2.42. The van der Waals surface area contributed by atoms with Crippen molar-refractivity contribution in [1.82, 2.24) is 25.4 Å². The third-order valence-corrected chi connectivity index (χ3v) is 4.90. The molecule has 0 aliphatic heterocycles. The number of amides is 1. The predicted octanol–water partition coefficient (Wildman–Crippen LogP) is 2.92. The number of nitrogens with zero attached hydrogens (tertiary/aromatic N) is 4. The van der Waals surface area contributed by atoms with Crippen molar-refractivity contribution in [2.75, 3.05) is 0 Å². The SMILES string of the molecule is O=C(CCn1nnc2ccccc2c1=O)NN(Cc1ccccc1)Cc1ccccc1. The largest absolute Gasteiger partial charge is 0.288 e. The van der Waals surface area contributed by atoms with Crippen molar-refractivity contribution >= 4 is 16.8 Å². The number of nitrogens with one attached hydrogen (secondary N) is 1. The predicted molar refractivity (Wildman–Crippen MR) is 119 cm³/mol. The van der Waals surface area contributed by atoms with Gasteiger partial charge in [0.1, 0.15) is 5.52 Å².